The Bertz CT molecular complexity index is 549. The van der Waals surface area contributed by atoms with Crippen molar-refractivity contribution in [2.24, 2.45) is 0 Å². The van der Waals surface area contributed by atoms with Gasteiger partial charge in [-0.15, -0.1) is 6.58 Å². The van der Waals surface area contributed by atoms with Gasteiger partial charge in [0.05, 0.1) is 19.8 Å². The van der Waals surface area contributed by atoms with E-state index in [2.05, 4.69) is 40.4 Å². The maximum Gasteiger partial charge on any atom is 0.192 e. The summed E-state index contributed by atoms with van der Waals surface area (Å²) in [6.07, 6.45) is 4.83. The van der Waals surface area contributed by atoms with E-state index in [1.165, 1.54) is 0 Å². The molecule has 0 aliphatic rings. The molecular weight excluding hydrogens is 368 g/mol. The van der Waals surface area contributed by atoms with Gasteiger partial charge >= 0.3 is 0 Å². The molecule has 0 aromatic heterocycles. The van der Waals surface area contributed by atoms with Crippen LogP contribution in [-0.2, 0) is 20.5 Å². The SMILES string of the molecule is C=CC[C@@H](CCOCCCOCc1ccc(OC)cc1)O[Si](C)(C)C(C)(C)C. The zero-order valence-corrected chi connectivity index (χ0v) is 19.8. The van der Waals surface area contributed by atoms with E-state index in [1.54, 1.807) is 7.11 Å². The zero-order valence-electron chi connectivity index (χ0n) is 18.8. The summed E-state index contributed by atoms with van der Waals surface area (Å²) in [5, 5.41) is 0.217. The largest absolute Gasteiger partial charge is 0.497 e. The lowest BCUT2D eigenvalue weighted by molar-refractivity contribution is 0.0595. The molecule has 0 saturated heterocycles. The van der Waals surface area contributed by atoms with Crippen molar-refractivity contribution in [3.8, 4) is 5.75 Å². The molecule has 1 atom stereocenters. The van der Waals surface area contributed by atoms with Gasteiger partial charge in [0.25, 0.3) is 0 Å². The number of ether oxygens (including phenoxy) is 3. The lowest BCUT2D eigenvalue weighted by atomic mass is 10.2. The van der Waals surface area contributed by atoms with Crippen LogP contribution in [-0.4, -0.2) is 41.4 Å². The van der Waals surface area contributed by atoms with Crippen molar-refractivity contribution in [2.75, 3.05) is 26.9 Å². The van der Waals surface area contributed by atoms with Crippen LogP contribution in [0.1, 0.15) is 45.6 Å². The van der Waals surface area contributed by atoms with Crippen molar-refractivity contribution >= 4 is 8.32 Å². The summed E-state index contributed by atoms with van der Waals surface area (Å²) in [5.74, 6) is 0.865. The summed E-state index contributed by atoms with van der Waals surface area (Å²) in [5.41, 5.74) is 1.15. The first-order chi connectivity index (χ1) is 13.2. The van der Waals surface area contributed by atoms with Gasteiger partial charge in [-0.05, 0) is 55.1 Å². The van der Waals surface area contributed by atoms with Gasteiger partial charge in [-0.3, -0.25) is 0 Å². The fraction of sp³-hybridized carbons (Fsp3) is 0.652. The van der Waals surface area contributed by atoms with Gasteiger partial charge in [-0.2, -0.15) is 0 Å². The molecule has 0 aliphatic heterocycles. The Balaban J connectivity index is 2.17. The lowest BCUT2D eigenvalue weighted by Gasteiger charge is -2.39. The molecular formula is C23H40O4Si. The van der Waals surface area contributed by atoms with E-state index in [0.29, 0.717) is 26.4 Å². The van der Waals surface area contributed by atoms with Gasteiger partial charge < -0.3 is 18.6 Å². The molecule has 4 nitrogen and oxygen atoms in total. The standard InChI is InChI=1S/C23H40O4Si/c1-8-10-22(27-28(6,7)23(2,3)4)15-18-25-16-9-17-26-19-20-11-13-21(24-5)14-12-20/h8,11-14,22H,1,9-10,15-19H2,2-7H3/t22-/m0/s1. The molecule has 1 rings (SSSR count). The molecule has 0 spiro atoms. The smallest absolute Gasteiger partial charge is 0.192 e. The molecule has 0 bridgehead atoms. The maximum absolute atomic E-state index is 6.51. The minimum Gasteiger partial charge on any atom is -0.497 e. The molecule has 0 amide bonds. The van der Waals surface area contributed by atoms with E-state index in [4.69, 9.17) is 18.6 Å². The Morgan fingerprint density at radius 3 is 2.25 bits per heavy atom. The first kappa shape index (κ1) is 24.9. The summed E-state index contributed by atoms with van der Waals surface area (Å²) < 4.78 is 23.2. The number of rotatable bonds is 14. The highest BCUT2D eigenvalue weighted by Crippen LogP contribution is 2.38. The Labute approximate surface area is 173 Å². The van der Waals surface area contributed by atoms with Crippen molar-refractivity contribution in [3.05, 3.63) is 42.5 Å². The van der Waals surface area contributed by atoms with Crippen molar-refractivity contribution in [2.45, 2.75) is 70.9 Å². The first-order valence-electron chi connectivity index (χ1n) is 10.3. The van der Waals surface area contributed by atoms with E-state index in [-0.39, 0.29) is 11.1 Å². The van der Waals surface area contributed by atoms with Gasteiger partial charge in [0.2, 0.25) is 0 Å². The van der Waals surface area contributed by atoms with Crippen LogP contribution in [0.3, 0.4) is 0 Å². The number of benzene rings is 1. The van der Waals surface area contributed by atoms with Crippen LogP contribution >= 0.6 is 0 Å². The molecule has 160 valence electrons. The topological polar surface area (TPSA) is 36.9 Å². The predicted molar refractivity (Wildman–Crippen MR) is 120 cm³/mol. The minimum absolute atomic E-state index is 0.199. The van der Waals surface area contributed by atoms with Crippen LogP contribution in [0.5, 0.6) is 5.75 Å². The predicted octanol–water partition coefficient (Wildman–Crippen LogP) is 5.98. The van der Waals surface area contributed by atoms with Crippen LogP contribution in [0.25, 0.3) is 0 Å². The molecule has 0 heterocycles. The summed E-state index contributed by atoms with van der Waals surface area (Å²) in [4.78, 5) is 0. The van der Waals surface area contributed by atoms with E-state index >= 15 is 0 Å². The van der Waals surface area contributed by atoms with Crippen molar-refractivity contribution in [3.63, 3.8) is 0 Å². The van der Waals surface area contributed by atoms with Crippen molar-refractivity contribution in [1.82, 2.24) is 0 Å². The molecule has 0 aliphatic carbocycles. The van der Waals surface area contributed by atoms with E-state index in [1.807, 2.05) is 30.3 Å². The highest BCUT2D eigenvalue weighted by Gasteiger charge is 2.38. The molecule has 0 fully saturated rings. The third-order valence-corrected chi connectivity index (χ3v) is 9.82. The maximum atomic E-state index is 6.51. The second kappa shape index (κ2) is 12.4. The molecule has 0 saturated carbocycles. The molecule has 5 heteroatoms. The highest BCUT2D eigenvalue weighted by molar-refractivity contribution is 6.74. The van der Waals surface area contributed by atoms with Crippen molar-refractivity contribution < 1.29 is 18.6 Å². The molecule has 0 N–H and O–H groups in total. The Morgan fingerprint density at radius 1 is 1.04 bits per heavy atom. The number of hydrogen-bond donors (Lipinski definition) is 0. The van der Waals surface area contributed by atoms with Gasteiger partial charge in [0.15, 0.2) is 8.32 Å². The fourth-order valence-corrected chi connectivity index (χ4v) is 3.90. The normalized spacial score (nSPS) is 13.4. The monoisotopic (exact) mass is 408 g/mol. The van der Waals surface area contributed by atoms with Crippen molar-refractivity contribution in [1.29, 1.82) is 0 Å². The van der Waals surface area contributed by atoms with Crippen LogP contribution in [0.4, 0.5) is 0 Å². The summed E-state index contributed by atoms with van der Waals surface area (Å²) >= 11 is 0. The zero-order chi connectivity index (χ0) is 21.0. The molecule has 0 unspecified atom stereocenters. The molecule has 1 aromatic carbocycles. The van der Waals surface area contributed by atoms with Crippen LogP contribution in [0, 0.1) is 0 Å². The number of hydrogen-bond acceptors (Lipinski definition) is 4. The van der Waals surface area contributed by atoms with Crippen LogP contribution < -0.4 is 4.74 Å². The van der Waals surface area contributed by atoms with Gasteiger partial charge in [-0.25, -0.2) is 0 Å². The van der Waals surface area contributed by atoms with Crippen LogP contribution in [0.2, 0.25) is 18.1 Å². The van der Waals surface area contributed by atoms with E-state index < -0.39 is 8.32 Å². The Morgan fingerprint density at radius 2 is 1.68 bits per heavy atom. The lowest BCUT2D eigenvalue weighted by Crippen LogP contribution is -2.44. The molecule has 0 radical (unpaired) electrons. The average Bonchev–Trinajstić information content (AvgIpc) is 2.63. The first-order valence-corrected chi connectivity index (χ1v) is 13.2. The number of methoxy groups -OCH3 is 1. The summed E-state index contributed by atoms with van der Waals surface area (Å²) in [7, 11) is -0.0896. The minimum atomic E-state index is -1.76. The quantitative estimate of drug-likeness (QED) is 0.216. The van der Waals surface area contributed by atoms with Crippen LogP contribution in [0.15, 0.2) is 36.9 Å². The Hall–Kier alpha value is -1.14. The third-order valence-electron chi connectivity index (χ3n) is 5.29. The highest BCUT2D eigenvalue weighted by atomic mass is 28.4. The second-order valence-electron chi connectivity index (χ2n) is 8.68. The molecule has 28 heavy (non-hydrogen) atoms. The third kappa shape index (κ3) is 9.37. The fourth-order valence-electron chi connectivity index (χ4n) is 2.50. The van der Waals surface area contributed by atoms with Gasteiger partial charge in [0.1, 0.15) is 5.75 Å². The summed E-state index contributed by atoms with van der Waals surface area (Å²) in [6, 6.07) is 7.95. The Kier molecular flexibility index (Phi) is 11.0. The molecule has 1 aromatic rings. The van der Waals surface area contributed by atoms with Gasteiger partial charge in [-0.1, -0.05) is 39.0 Å². The summed E-state index contributed by atoms with van der Waals surface area (Å²) in [6.45, 7) is 18.0. The van der Waals surface area contributed by atoms with E-state index in [0.717, 1.165) is 30.6 Å². The van der Waals surface area contributed by atoms with Gasteiger partial charge in [0, 0.05) is 19.8 Å². The second-order valence-corrected chi connectivity index (χ2v) is 13.4. The average molecular weight is 409 g/mol. The van der Waals surface area contributed by atoms with E-state index in [9.17, 15) is 0 Å².